The molecule has 1 rings (SSSR count). The van der Waals surface area contributed by atoms with E-state index >= 15 is 0 Å². The molecule has 0 aromatic heterocycles. The summed E-state index contributed by atoms with van der Waals surface area (Å²) in [6, 6.07) is 9.43. The predicted molar refractivity (Wildman–Crippen MR) is 58.5 cm³/mol. The number of hydrogen-bond donors (Lipinski definition) is 1. The molecule has 1 N–H and O–H groups in total. The average Bonchev–Trinajstić information content (AvgIpc) is 2.18. The molecule has 0 heterocycles. The second kappa shape index (κ2) is 4.12. The molecule has 2 nitrogen and oxygen atoms in total. The van der Waals surface area contributed by atoms with Gasteiger partial charge in [0, 0.05) is 4.47 Å². The van der Waals surface area contributed by atoms with Gasteiger partial charge in [0.25, 0.3) is 0 Å². The second-order valence-corrected chi connectivity index (χ2v) is 4.70. The highest BCUT2D eigenvalue weighted by molar-refractivity contribution is 9.10. The minimum absolute atomic E-state index is 0.749. The van der Waals surface area contributed by atoms with Crippen molar-refractivity contribution >= 4 is 15.9 Å². The van der Waals surface area contributed by atoms with E-state index in [0.29, 0.717) is 0 Å². The van der Waals surface area contributed by atoms with Gasteiger partial charge in [-0.1, -0.05) is 28.1 Å². The van der Waals surface area contributed by atoms with Crippen LogP contribution in [0.3, 0.4) is 0 Å². The lowest BCUT2D eigenvalue weighted by Crippen LogP contribution is -2.19. The Morgan fingerprint density at radius 2 is 1.86 bits per heavy atom. The molecule has 0 aliphatic carbocycles. The maximum Gasteiger partial charge on any atom is 0.0970 e. The van der Waals surface area contributed by atoms with Crippen molar-refractivity contribution in [3.8, 4) is 6.07 Å². The fourth-order valence-corrected chi connectivity index (χ4v) is 1.39. The topological polar surface area (TPSA) is 44.0 Å². The molecular weight excluding hydrogens is 242 g/mol. The molecule has 1 aromatic carbocycles. The molecule has 1 atom stereocenters. The Morgan fingerprint density at radius 3 is 2.29 bits per heavy atom. The third-order valence-corrected chi connectivity index (χ3v) is 2.69. The summed E-state index contributed by atoms with van der Waals surface area (Å²) in [5.74, 6) is 0. The van der Waals surface area contributed by atoms with Crippen molar-refractivity contribution in [2.45, 2.75) is 20.0 Å². The Morgan fingerprint density at radius 1 is 1.36 bits per heavy atom. The van der Waals surface area contributed by atoms with Crippen molar-refractivity contribution in [2.24, 2.45) is 5.41 Å². The monoisotopic (exact) mass is 253 g/mol. The largest absolute Gasteiger partial charge is 0.387 e. The van der Waals surface area contributed by atoms with Crippen molar-refractivity contribution < 1.29 is 5.11 Å². The van der Waals surface area contributed by atoms with Crippen LogP contribution < -0.4 is 0 Å². The average molecular weight is 254 g/mol. The van der Waals surface area contributed by atoms with E-state index in [-0.39, 0.29) is 0 Å². The van der Waals surface area contributed by atoms with Gasteiger partial charge in [0.1, 0.15) is 0 Å². The zero-order chi connectivity index (χ0) is 10.8. The molecule has 0 amide bonds. The fraction of sp³-hybridized carbons (Fsp3) is 0.364. The molecule has 0 aliphatic rings. The van der Waals surface area contributed by atoms with Crippen molar-refractivity contribution in [1.29, 1.82) is 5.26 Å². The molecule has 0 aliphatic heterocycles. The van der Waals surface area contributed by atoms with Crippen molar-refractivity contribution in [2.75, 3.05) is 0 Å². The highest BCUT2D eigenvalue weighted by Gasteiger charge is 2.28. The highest BCUT2D eigenvalue weighted by Crippen LogP contribution is 2.32. The van der Waals surface area contributed by atoms with Crippen LogP contribution in [0.15, 0.2) is 28.7 Å². The van der Waals surface area contributed by atoms with E-state index in [2.05, 4.69) is 22.0 Å². The van der Waals surface area contributed by atoms with Crippen LogP contribution in [0.5, 0.6) is 0 Å². The van der Waals surface area contributed by atoms with E-state index in [1.165, 1.54) is 0 Å². The van der Waals surface area contributed by atoms with Crippen molar-refractivity contribution in [3.05, 3.63) is 34.3 Å². The van der Waals surface area contributed by atoms with Crippen LogP contribution in [0.2, 0.25) is 0 Å². The molecule has 0 saturated carbocycles. The van der Waals surface area contributed by atoms with E-state index in [4.69, 9.17) is 5.26 Å². The van der Waals surface area contributed by atoms with E-state index in [1.54, 1.807) is 13.8 Å². The molecule has 1 aromatic rings. The molecule has 0 radical (unpaired) electrons. The Kier molecular flexibility index (Phi) is 3.30. The smallest absolute Gasteiger partial charge is 0.0970 e. The van der Waals surface area contributed by atoms with Gasteiger partial charge < -0.3 is 5.11 Å². The SMILES string of the molecule is CC(C)(C#N)[C@@H](O)c1ccc(Br)cc1. The standard InChI is InChI=1S/C11H12BrNO/c1-11(2,7-13)10(14)8-3-5-9(12)6-4-8/h3-6,10,14H,1-2H3/t10-/m0/s1. The quantitative estimate of drug-likeness (QED) is 0.881. The van der Waals surface area contributed by atoms with Gasteiger partial charge in [-0.3, -0.25) is 0 Å². The minimum Gasteiger partial charge on any atom is -0.387 e. The number of aliphatic hydroxyl groups excluding tert-OH is 1. The number of nitriles is 1. The summed E-state index contributed by atoms with van der Waals surface area (Å²) < 4.78 is 0.961. The number of halogens is 1. The van der Waals surface area contributed by atoms with Gasteiger partial charge in [0.2, 0.25) is 0 Å². The summed E-state index contributed by atoms with van der Waals surface area (Å²) >= 11 is 3.32. The Labute approximate surface area is 92.3 Å². The molecule has 0 saturated heterocycles. The lowest BCUT2D eigenvalue weighted by atomic mass is 9.84. The number of benzene rings is 1. The van der Waals surface area contributed by atoms with Crippen LogP contribution in [0.1, 0.15) is 25.5 Å². The maximum absolute atomic E-state index is 9.90. The van der Waals surface area contributed by atoms with E-state index < -0.39 is 11.5 Å². The van der Waals surface area contributed by atoms with Crippen LogP contribution in [-0.4, -0.2) is 5.11 Å². The van der Waals surface area contributed by atoms with Crippen LogP contribution in [0, 0.1) is 16.7 Å². The normalized spacial score (nSPS) is 13.4. The number of nitrogens with zero attached hydrogens (tertiary/aromatic N) is 1. The van der Waals surface area contributed by atoms with Crippen LogP contribution in [-0.2, 0) is 0 Å². The maximum atomic E-state index is 9.90. The number of hydrogen-bond acceptors (Lipinski definition) is 2. The minimum atomic E-state index is -0.756. The first-order valence-electron chi connectivity index (χ1n) is 4.32. The Hall–Kier alpha value is -0.850. The van der Waals surface area contributed by atoms with Crippen LogP contribution in [0.4, 0.5) is 0 Å². The van der Waals surface area contributed by atoms with Crippen molar-refractivity contribution in [3.63, 3.8) is 0 Å². The van der Waals surface area contributed by atoms with Gasteiger partial charge in [-0.2, -0.15) is 5.26 Å². The molecule has 0 bridgehead atoms. The molecule has 3 heteroatoms. The zero-order valence-electron chi connectivity index (χ0n) is 8.16. The van der Waals surface area contributed by atoms with Crippen LogP contribution >= 0.6 is 15.9 Å². The summed E-state index contributed by atoms with van der Waals surface area (Å²) in [5.41, 5.74) is 0.00754. The summed E-state index contributed by atoms with van der Waals surface area (Å²) in [4.78, 5) is 0. The lowest BCUT2D eigenvalue weighted by molar-refractivity contribution is 0.0868. The van der Waals surface area contributed by atoms with Gasteiger partial charge >= 0.3 is 0 Å². The summed E-state index contributed by atoms with van der Waals surface area (Å²) in [6.07, 6.45) is -0.749. The van der Waals surface area contributed by atoms with E-state index in [0.717, 1.165) is 10.0 Å². The van der Waals surface area contributed by atoms with Gasteiger partial charge in [-0.15, -0.1) is 0 Å². The molecule has 0 fully saturated rings. The van der Waals surface area contributed by atoms with Gasteiger partial charge in [0.05, 0.1) is 17.6 Å². The molecule has 0 unspecified atom stereocenters. The zero-order valence-corrected chi connectivity index (χ0v) is 9.75. The lowest BCUT2D eigenvalue weighted by Gasteiger charge is -2.23. The third kappa shape index (κ3) is 2.34. The number of rotatable bonds is 2. The molecule has 0 spiro atoms. The Balaban J connectivity index is 2.96. The first-order valence-corrected chi connectivity index (χ1v) is 5.11. The Bertz CT molecular complexity index is 351. The first kappa shape index (κ1) is 11.2. The fourth-order valence-electron chi connectivity index (χ4n) is 1.12. The predicted octanol–water partition coefficient (Wildman–Crippen LogP) is 3.03. The first-order chi connectivity index (χ1) is 6.47. The highest BCUT2D eigenvalue weighted by atomic mass is 79.9. The molecule has 14 heavy (non-hydrogen) atoms. The summed E-state index contributed by atoms with van der Waals surface area (Å²) in [6.45, 7) is 3.44. The number of aliphatic hydroxyl groups is 1. The van der Waals surface area contributed by atoms with Gasteiger partial charge in [0.15, 0.2) is 0 Å². The van der Waals surface area contributed by atoms with E-state index in [9.17, 15) is 5.11 Å². The summed E-state index contributed by atoms with van der Waals surface area (Å²) in [5, 5.41) is 18.8. The van der Waals surface area contributed by atoms with Gasteiger partial charge in [-0.25, -0.2) is 0 Å². The molecular formula is C11H12BrNO. The van der Waals surface area contributed by atoms with Gasteiger partial charge in [-0.05, 0) is 31.5 Å². The molecule has 74 valence electrons. The summed E-state index contributed by atoms with van der Waals surface area (Å²) in [7, 11) is 0. The van der Waals surface area contributed by atoms with E-state index in [1.807, 2.05) is 24.3 Å². The van der Waals surface area contributed by atoms with Crippen LogP contribution in [0.25, 0.3) is 0 Å². The third-order valence-electron chi connectivity index (χ3n) is 2.16. The van der Waals surface area contributed by atoms with Crippen molar-refractivity contribution in [1.82, 2.24) is 0 Å². The second-order valence-electron chi connectivity index (χ2n) is 3.79.